The predicted molar refractivity (Wildman–Crippen MR) is 188 cm³/mol. The van der Waals surface area contributed by atoms with E-state index in [0.29, 0.717) is 22.3 Å². The molecule has 0 aliphatic carbocycles. The molecule has 5 rings (SSSR count). The van der Waals surface area contributed by atoms with Gasteiger partial charge in [-0.25, -0.2) is 0 Å². The van der Waals surface area contributed by atoms with Gasteiger partial charge in [0.2, 0.25) is 0 Å². The summed E-state index contributed by atoms with van der Waals surface area (Å²) in [7, 11) is -0.320. The molecule has 0 aromatic heterocycles. The summed E-state index contributed by atoms with van der Waals surface area (Å²) in [5.74, 6) is -0.470. The third-order valence-corrected chi connectivity index (χ3v) is 8.03. The van der Waals surface area contributed by atoms with Crippen molar-refractivity contribution in [2.24, 2.45) is 0 Å². The molecular weight excluding hydrogens is 591 g/mol. The molecule has 236 valence electrons. The molecule has 0 saturated heterocycles. The number of hydrogen-bond acceptors (Lipinski definition) is 5. The fourth-order valence-corrected chi connectivity index (χ4v) is 5.82. The first-order chi connectivity index (χ1) is 21.9. The first kappa shape index (κ1) is 35.9. The molecule has 6 heteroatoms. The quantitative estimate of drug-likeness (QED) is 0.139. The predicted octanol–water partition coefficient (Wildman–Crippen LogP) is 8.39. The molecule has 5 nitrogen and oxygen atoms in total. The molecule has 0 bridgehead atoms. The van der Waals surface area contributed by atoms with Crippen LogP contribution in [0.2, 0.25) is 0 Å². The van der Waals surface area contributed by atoms with Gasteiger partial charge in [-0.2, -0.15) is 0 Å². The zero-order chi connectivity index (χ0) is 33.8. The van der Waals surface area contributed by atoms with E-state index in [1.54, 1.807) is 24.3 Å². The minimum absolute atomic E-state index is 0.235. The van der Waals surface area contributed by atoms with Crippen LogP contribution in [0.4, 0.5) is 0 Å². The fourth-order valence-electron chi connectivity index (χ4n) is 5.49. The zero-order valence-corrected chi connectivity index (χ0v) is 28.2. The van der Waals surface area contributed by atoms with Gasteiger partial charge < -0.3 is 10.2 Å². The van der Waals surface area contributed by atoms with Crippen LogP contribution >= 0.6 is 8.46 Å². The molecule has 0 fully saturated rings. The van der Waals surface area contributed by atoms with Crippen molar-refractivity contribution in [3.63, 3.8) is 0 Å². The first-order valence-electron chi connectivity index (χ1n) is 15.1. The Morgan fingerprint density at radius 1 is 0.500 bits per heavy atom. The van der Waals surface area contributed by atoms with Gasteiger partial charge in [-0.1, -0.05) is 119 Å². The number of aliphatic hydroxyl groups excluding tert-OH is 2. The Bertz CT molecular complexity index is 1610. The van der Waals surface area contributed by atoms with Gasteiger partial charge in [0.25, 0.3) is 0 Å². The van der Waals surface area contributed by atoms with Crippen LogP contribution in [0.1, 0.15) is 77.4 Å². The van der Waals surface area contributed by atoms with Crippen molar-refractivity contribution < 1.29 is 24.4 Å². The van der Waals surface area contributed by atoms with E-state index >= 15 is 0 Å². The highest BCUT2D eigenvalue weighted by Crippen LogP contribution is 2.25. The fraction of sp³-hybridized carbons (Fsp3) is 0.200. The Morgan fingerprint density at radius 3 is 1.04 bits per heavy atom. The lowest BCUT2D eigenvalue weighted by Gasteiger charge is -2.14. The highest BCUT2D eigenvalue weighted by atomic mass is 31.1. The van der Waals surface area contributed by atoms with Crippen molar-refractivity contribution in [1.82, 2.24) is 0 Å². The summed E-state index contributed by atoms with van der Waals surface area (Å²) in [4.78, 5) is 24.9. The Morgan fingerprint density at radius 2 is 0.783 bits per heavy atom. The summed E-state index contributed by atoms with van der Waals surface area (Å²) < 4.78 is 10.2. The van der Waals surface area contributed by atoms with Crippen molar-refractivity contribution in [2.75, 3.05) is 0 Å². The second-order valence-corrected chi connectivity index (χ2v) is 12.2. The van der Waals surface area contributed by atoms with Gasteiger partial charge in [0.15, 0.2) is 16.9 Å². The lowest BCUT2D eigenvalue weighted by atomic mass is 9.92. The van der Waals surface area contributed by atoms with Crippen LogP contribution in [0.3, 0.4) is 0 Å². The number of carbonyl (C=O) groups is 2. The van der Waals surface area contributed by atoms with Crippen LogP contribution in [-0.2, 0) is 4.57 Å². The van der Waals surface area contributed by atoms with Crippen molar-refractivity contribution in [3.8, 4) is 0 Å². The number of ketones is 2. The lowest BCUT2D eigenvalue weighted by Crippen LogP contribution is -2.15. The first-order valence-corrected chi connectivity index (χ1v) is 16.0. The van der Waals surface area contributed by atoms with Crippen LogP contribution < -0.4 is 5.30 Å². The van der Waals surface area contributed by atoms with Gasteiger partial charge in [0.05, 0.1) is 0 Å². The van der Waals surface area contributed by atoms with Gasteiger partial charge in [-0.15, -0.1) is 0 Å². The number of hydrogen-bond donors (Lipinski definition) is 2. The standard InChI is InChI=1S/2C17H18O2.C6H5OP/c2*1-11-9-12(2)15(13(3)10-11)17(19)16(18)14-7-5-4-6-8-14;7-8-6-4-2-1-3-5-6/h2*4-10,16,18H,1-3H3;1-5H/p+1. The van der Waals surface area contributed by atoms with Crippen molar-refractivity contribution in [3.05, 3.63) is 171 Å². The van der Waals surface area contributed by atoms with E-state index in [1.807, 2.05) is 133 Å². The maximum atomic E-state index is 12.4. The van der Waals surface area contributed by atoms with Crippen LogP contribution in [0.5, 0.6) is 0 Å². The molecule has 0 aliphatic rings. The molecule has 0 heterocycles. The van der Waals surface area contributed by atoms with Crippen LogP contribution in [-0.4, -0.2) is 21.8 Å². The van der Waals surface area contributed by atoms with Crippen molar-refractivity contribution in [2.45, 2.75) is 53.8 Å². The molecule has 5 aromatic carbocycles. The molecular formula is C40H42O5P+. The van der Waals surface area contributed by atoms with Gasteiger partial charge in [-0.3, -0.25) is 9.59 Å². The number of rotatable bonds is 7. The van der Waals surface area contributed by atoms with Crippen molar-refractivity contribution >= 4 is 25.3 Å². The number of carbonyl (C=O) groups excluding carboxylic acids is 2. The molecule has 0 amide bonds. The van der Waals surface area contributed by atoms with E-state index < -0.39 is 12.2 Å². The van der Waals surface area contributed by atoms with E-state index in [4.69, 9.17) is 0 Å². The molecule has 46 heavy (non-hydrogen) atoms. The Kier molecular flexibility index (Phi) is 13.5. The smallest absolute Gasteiger partial charge is 0.363 e. The van der Waals surface area contributed by atoms with E-state index in [9.17, 15) is 24.4 Å². The Balaban J connectivity index is 0.000000203. The Hall–Kier alpha value is -4.54. The largest absolute Gasteiger partial charge is 0.380 e. The summed E-state index contributed by atoms with van der Waals surface area (Å²) in [5.41, 5.74) is 8.43. The Labute approximate surface area is 273 Å². The average molecular weight is 634 g/mol. The number of Topliss-reactive ketones (excluding diaryl/α,β-unsaturated/α-hetero) is 2. The second-order valence-electron chi connectivity index (χ2n) is 11.4. The molecule has 0 radical (unpaired) electrons. The maximum absolute atomic E-state index is 12.4. The average Bonchev–Trinajstić information content (AvgIpc) is 3.04. The van der Waals surface area contributed by atoms with Gasteiger partial charge in [-0.05, 0) is 87.1 Å². The molecule has 3 atom stereocenters. The van der Waals surface area contributed by atoms with Crippen LogP contribution in [0.15, 0.2) is 115 Å². The molecule has 3 unspecified atom stereocenters. The highest BCUT2D eigenvalue weighted by molar-refractivity contribution is 7.34. The minimum Gasteiger partial charge on any atom is -0.380 e. The summed E-state index contributed by atoms with van der Waals surface area (Å²) in [5, 5.41) is 21.3. The van der Waals surface area contributed by atoms with E-state index in [0.717, 1.165) is 38.7 Å². The normalized spacial score (nSPS) is 11.7. The minimum atomic E-state index is -1.10. The molecule has 0 saturated carbocycles. The summed E-state index contributed by atoms with van der Waals surface area (Å²) >= 11 is 0. The molecule has 2 N–H and O–H groups in total. The topological polar surface area (TPSA) is 91.7 Å². The summed E-state index contributed by atoms with van der Waals surface area (Å²) in [6, 6.07) is 35.3. The second kappa shape index (κ2) is 17.2. The summed E-state index contributed by atoms with van der Waals surface area (Å²) in [6.45, 7) is 11.6. The van der Waals surface area contributed by atoms with E-state index in [2.05, 4.69) is 0 Å². The van der Waals surface area contributed by atoms with Crippen LogP contribution in [0, 0.1) is 41.5 Å². The lowest BCUT2D eigenvalue weighted by molar-refractivity contribution is 0.0742. The molecule has 0 spiro atoms. The van der Waals surface area contributed by atoms with Gasteiger partial charge >= 0.3 is 8.46 Å². The molecule has 0 aliphatic heterocycles. The zero-order valence-electron chi connectivity index (χ0n) is 27.2. The van der Waals surface area contributed by atoms with E-state index in [-0.39, 0.29) is 20.0 Å². The molecule has 5 aromatic rings. The summed E-state index contributed by atoms with van der Waals surface area (Å²) in [6.07, 6.45) is -2.19. The number of benzene rings is 5. The van der Waals surface area contributed by atoms with Crippen molar-refractivity contribution in [1.29, 1.82) is 0 Å². The maximum Gasteiger partial charge on any atom is 0.363 e. The third-order valence-electron chi connectivity index (χ3n) is 7.47. The monoisotopic (exact) mass is 633 g/mol. The number of aryl methyl sites for hydroxylation is 6. The van der Waals surface area contributed by atoms with Gasteiger partial charge in [0, 0.05) is 11.1 Å². The number of aliphatic hydroxyl groups is 2. The van der Waals surface area contributed by atoms with Gasteiger partial charge in [0.1, 0.15) is 12.2 Å². The van der Waals surface area contributed by atoms with Crippen LogP contribution in [0.25, 0.3) is 0 Å². The third kappa shape index (κ3) is 9.73. The van der Waals surface area contributed by atoms with E-state index in [1.165, 1.54) is 0 Å². The highest BCUT2D eigenvalue weighted by Gasteiger charge is 2.23. The SMILES string of the molecule is Cc1cc(C)c(C(=O)C(O)c2ccccc2)c(C)c1.Cc1cc(C)c(C(=O)C(O)c2ccccc2)c(C)c1.O=[PH+]c1ccccc1.